The Kier molecular flexibility index (Phi) is 2.55. The molecule has 2 N–H and O–H groups in total. The Morgan fingerprint density at radius 1 is 1.21 bits per heavy atom. The van der Waals surface area contributed by atoms with Crippen LogP contribution < -0.4 is 0 Å². The zero-order valence-corrected chi connectivity index (χ0v) is 9.78. The number of aromatic hydroxyl groups is 2. The highest BCUT2D eigenvalue weighted by atomic mass is 127. The van der Waals surface area contributed by atoms with Gasteiger partial charge < -0.3 is 10.2 Å². The van der Waals surface area contributed by atoms with E-state index in [1.54, 1.807) is 6.07 Å². The lowest BCUT2D eigenvalue weighted by Crippen LogP contribution is -1.78. The number of aromatic nitrogens is 2. The number of halogens is 1. The van der Waals surface area contributed by atoms with E-state index in [9.17, 15) is 5.11 Å². The van der Waals surface area contributed by atoms with Crippen LogP contribution >= 0.6 is 33.9 Å². The van der Waals surface area contributed by atoms with Crippen molar-refractivity contribution in [3.8, 4) is 22.1 Å². The highest BCUT2D eigenvalue weighted by Gasteiger charge is 2.09. The molecule has 1 aromatic heterocycles. The van der Waals surface area contributed by atoms with E-state index >= 15 is 0 Å². The largest absolute Gasteiger partial charge is 0.508 e. The van der Waals surface area contributed by atoms with Crippen LogP contribution in [-0.4, -0.2) is 20.4 Å². The van der Waals surface area contributed by atoms with E-state index in [-0.39, 0.29) is 11.5 Å². The molecule has 6 heteroatoms. The molecule has 1 heterocycles. The summed E-state index contributed by atoms with van der Waals surface area (Å²) in [5.74, 6) is 0.0445. The number of benzene rings is 1. The summed E-state index contributed by atoms with van der Waals surface area (Å²) in [4.78, 5) is 0. The van der Waals surface area contributed by atoms with Gasteiger partial charge in [0.05, 0.1) is 5.56 Å². The molecule has 0 aliphatic heterocycles. The minimum absolute atomic E-state index is 0.0116. The van der Waals surface area contributed by atoms with E-state index in [0.29, 0.717) is 10.6 Å². The molecule has 0 amide bonds. The number of hydrogen-bond donors (Lipinski definition) is 2. The van der Waals surface area contributed by atoms with Gasteiger partial charge >= 0.3 is 0 Å². The zero-order valence-electron chi connectivity index (χ0n) is 6.81. The fourth-order valence-electron chi connectivity index (χ4n) is 1.02. The maximum absolute atomic E-state index is 9.53. The molecule has 0 spiro atoms. The lowest BCUT2D eigenvalue weighted by molar-refractivity contribution is 0.452. The quantitative estimate of drug-likeness (QED) is 0.791. The third-order valence-corrected chi connectivity index (χ3v) is 3.23. The van der Waals surface area contributed by atoms with Crippen molar-refractivity contribution in [1.29, 1.82) is 0 Å². The standard InChI is InChI=1S/C8H5IN2O2S/c9-8-11-10-7(14-8)5-2-1-4(12)3-6(5)13/h1-3,12-13H. The van der Waals surface area contributed by atoms with Gasteiger partial charge in [0.2, 0.25) is 0 Å². The predicted molar refractivity (Wildman–Crippen MR) is 61.4 cm³/mol. The first-order valence-corrected chi connectivity index (χ1v) is 5.57. The van der Waals surface area contributed by atoms with E-state index in [4.69, 9.17) is 5.11 Å². The molecular weight excluding hydrogens is 315 g/mol. The van der Waals surface area contributed by atoms with E-state index in [0.717, 1.165) is 3.01 Å². The summed E-state index contributed by atoms with van der Waals surface area (Å²) < 4.78 is 0.810. The summed E-state index contributed by atoms with van der Waals surface area (Å²) in [6.07, 6.45) is 0. The molecule has 0 aliphatic rings. The highest BCUT2D eigenvalue weighted by Crippen LogP contribution is 2.33. The zero-order chi connectivity index (χ0) is 10.1. The molecule has 4 nitrogen and oxygen atoms in total. The van der Waals surface area contributed by atoms with E-state index in [1.807, 2.05) is 0 Å². The monoisotopic (exact) mass is 320 g/mol. The van der Waals surface area contributed by atoms with Crippen molar-refractivity contribution in [2.75, 3.05) is 0 Å². The van der Waals surface area contributed by atoms with Crippen LogP contribution in [0.3, 0.4) is 0 Å². The third kappa shape index (κ3) is 1.80. The summed E-state index contributed by atoms with van der Waals surface area (Å²) in [6.45, 7) is 0. The number of phenolic OH excluding ortho intramolecular Hbond substituents is 2. The molecule has 14 heavy (non-hydrogen) atoms. The molecule has 0 saturated carbocycles. The van der Waals surface area contributed by atoms with Gasteiger partial charge in [0.15, 0.2) is 8.02 Å². The smallest absolute Gasteiger partial charge is 0.178 e. The normalized spacial score (nSPS) is 10.4. The molecule has 0 atom stereocenters. The van der Waals surface area contributed by atoms with E-state index in [2.05, 4.69) is 32.8 Å². The van der Waals surface area contributed by atoms with Gasteiger partial charge in [0.25, 0.3) is 0 Å². The average molecular weight is 320 g/mol. The maximum Gasteiger partial charge on any atom is 0.178 e. The fraction of sp³-hybridized carbons (Fsp3) is 0. The van der Waals surface area contributed by atoms with Gasteiger partial charge in [-0.25, -0.2) is 0 Å². The SMILES string of the molecule is Oc1ccc(-c2nnc(I)s2)c(O)c1. The Morgan fingerprint density at radius 3 is 2.57 bits per heavy atom. The summed E-state index contributed by atoms with van der Waals surface area (Å²) in [7, 11) is 0. The van der Waals surface area contributed by atoms with Crippen molar-refractivity contribution in [1.82, 2.24) is 10.2 Å². The Hall–Kier alpha value is -0.890. The second kappa shape index (κ2) is 3.70. The van der Waals surface area contributed by atoms with Crippen molar-refractivity contribution in [3.63, 3.8) is 0 Å². The summed E-state index contributed by atoms with van der Waals surface area (Å²) in [5.41, 5.74) is 0.586. The Balaban J connectivity index is 2.52. The van der Waals surface area contributed by atoms with Crippen molar-refractivity contribution in [3.05, 3.63) is 21.2 Å². The Bertz CT molecular complexity index is 472. The molecule has 2 aromatic rings. The molecular formula is C8H5IN2O2S. The molecule has 1 aromatic carbocycles. The van der Waals surface area contributed by atoms with Gasteiger partial charge in [-0.2, -0.15) is 0 Å². The maximum atomic E-state index is 9.53. The van der Waals surface area contributed by atoms with Crippen molar-refractivity contribution in [2.45, 2.75) is 0 Å². The second-order valence-electron chi connectivity index (χ2n) is 2.56. The fourth-order valence-corrected chi connectivity index (χ4v) is 2.35. The van der Waals surface area contributed by atoms with Crippen LogP contribution in [0.4, 0.5) is 0 Å². The first-order valence-electron chi connectivity index (χ1n) is 3.68. The van der Waals surface area contributed by atoms with Gasteiger partial charge in [0, 0.05) is 6.07 Å². The van der Waals surface area contributed by atoms with Crippen LogP contribution in [0.15, 0.2) is 18.2 Å². The van der Waals surface area contributed by atoms with Crippen LogP contribution in [0.5, 0.6) is 11.5 Å². The van der Waals surface area contributed by atoms with E-state index in [1.165, 1.54) is 23.5 Å². The summed E-state index contributed by atoms with van der Waals surface area (Å²) in [6, 6.07) is 4.40. The second-order valence-corrected chi connectivity index (χ2v) is 5.29. The first kappa shape index (κ1) is 9.66. The molecule has 0 saturated heterocycles. The van der Waals surface area contributed by atoms with Gasteiger partial charge in [-0.1, -0.05) is 11.3 Å². The van der Waals surface area contributed by atoms with Gasteiger partial charge in [-0.3, -0.25) is 0 Å². The van der Waals surface area contributed by atoms with Crippen molar-refractivity contribution < 1.29 is 10.2 Å². The van der Waals surface area contributed by atoms with Crippen LogP contribution in [-0.2, 0) is 0 Å². The van der Waals surface area contributed by atoms with Crippen molar-refractivity contribution in [2.24, 2.45) is 0 Å². The topological polar surface area (TPSA) is 66.2 Å². The molecule has 2 rings (SSSR count). The molecule has 0 unspecified atom stereocenters. The van der Waals surface area contributed by atoms with Crippen molar-refractivity contribution >= 4 is 33.9 Å². The van der Waals surface area contributed by atoms with Crippen LogP contribution in [0.2, 0.25) is 0 Å². The van der Waals surface area contributed by atoms with Crippen LogP contribution in [0, 0.1) is 3.01 Å². The number of hydrogen-bond acceptors (Lipinski definition) is 5. The molecule has 0 radical (unpaired) electrons. The Labute approximate surface area is 97.4 Å². The molecule has 0 bridgehead atoms. The molecule has 72 valence electrons. The predicted octanol–water partition coefficient (Wildman–Crippen LogP) is 2.22. The minimum Gasteiger partial charge on any atom is -0.508 e. The van der Waals surface area contributed by atoms with Gasteiger partial charge in [-0.15, -0.1) is 10.2 Å². The highest BCUT2D eigenvalue weighted by molar-refractivity contribution is 14.1. The molecule has 0 fully saturated rings. The first-order chi connectivity index (χ1) is 6.66. The number of nitrogens with zero attached hydrogens (tertiary/aromatic N) is 2. The lowest BCUT2D eigenvalue weighted by atomic mass is 10.2. The summed E-state index contributed by atoms with van der Waals surface area (Å²) in [5, 5.41) is 27.0. The molecule has 0 aliphatic carbocycles. The number of rotatable bonds is 1. The van der Waals surface area contributed by atoms with Gasteiger partial charge in [0.1, 0.15) is 11.5 Å². The summed E-state index contributed by atoms with van der Waals surface area (Å²) >= 11 is 3.44. The van der Waals surface area contributed by atoms with Crippen LogP contribution in [0.1, 0.15) is 0 Å². The third-order valence-electron chi connectivity index (χ3n) is 1.61. The van der Waals surface area contributed by atoms with E-state index < -0.39 is 0 Å². The number of phenols is 2. The Morgan fingerprint density at radius 2 is 2.00 bits per heavy atom. The minimum atomic E-state index is 0.0116. The van der Waals surface area contributed by atoms with Crippen LogP contribution in [0.25, 0.3) is 10.6 Å². The average Bonchev–Trinajstić information content (AvgIpc) is 2.51. The lowest BCUT2D eigenvalue weighted by Gasteiger charge is -1.99. The van der Waals surface area contributed by atoms with Gasteiger partial charge in [-0.05, 0) is 34.7 Å².